The van der Waals surface area contributed by atoms with Gasteiger partial charge >= 0.3 is 0 Å². The summed E-state index contributed by atoms with van der Waals surface area (Å²) < 4.78 is 7.41. The Labute approximate surface area is 278 Å². The number of benzene rings is 6. The van der Waals surface area contributed by atoms with Gasteiger partial charge in [0.25, 0.3) is 0 Å². The van der Waals surface area contributed by atoms with E-state index in [1.165, 1.54) is 22.3 Å². The number of hydrogen-bond acceptors (Lipinski definition) is 3. The van der Waals surface area contributed by atoms with Gasteiger partial charge in [-0.05, 0) is 130 Å². The summed E-state index contributed by atoms with van der Waals surface area (Å²) in [6.07, 6.45) is 0. The van der Waals surface area contributed by atoms with Crippen LogP contribution in [0.5, 0.6) is 11.5 Å². The van der Waals surface area contributed by atoms with Crippen molar-refractivity contribution >= 4 is 56.0 Å². The topological polar surface area (TPSA) is 24.5 Å². The molecule has 0 unspecified atom stereocenters. The van der Waals surface area contributed by atoms with Crippen LogP contribution in [0.4, 0.5) is 28.4 Å². The van der Waals surface area contributed by atoms with Gasteiger partial charge in [-0.1, -0.05) is 80.0 Å². The van der Waals surface area contributed by atoms with Crippen LogP contribution in [0, 0.1) is 6.92 Å². The second-order valence-corrected chi connectivity index (χ2v) is 13.2. The van der Waals surface area contributed by atoms with Gasteiger partial charge in [-0.25, -0.2) is 0 Å². The van der Waals surface area contributed by atoms with Crippen LogP contribution in [0.15, 0.2) is 138 Å². The summed E-state index contributed by atoms with van der Waals surface area (Å²) >= 11 is 10.0. The van der Waals surface area contributed by atoms with Crippen LogP contribution in [0.3, 0.4) is 0 Å². The lowest BCUT2D eigenvalue weighted by atomic mass is 9.82. The Morgan fingerprint density at radius 1 is 0.667 bits per heavy atom. The Balaban J connectivity index is 1.24. The van der Waals surface area contributed by atoms with Gasteiger partial charge < -0.3 is 15.0 Å². The van der Waals surface area contributed by atoms with E-state index in [0.29, 0.717) is 5.02 Å². The maximum atomic E-state index is 6.56. The summed E-state index contributed by atoms with van der Waals surface area (Å²) in [6, 6.07) is 46.2. The minimum atomic E-state index is -0.170. The molecule has 6 aromatic rings. The van der Waals surface area contributed by atoms with Crippen molar-refractivity contribution in [2.75, 3.05) is 10.2 Å². The van der Waals surface area contributed by atoms with Gasteiger partial charge in [0.05, 0.1) is 10.2 Å². The van der Waals surface area contributed by atoms with Crippen LogP contribution in [0.25, 0.3) is 11.1 Å². The van der Waals surface area contributed by atoms with E-state index in [-0.39, 0.29) is 5.41 Å². The fraction of sp³-hybridized carbons (Fsp3) is 0.100. The maximum Gasteiger partial charge on any atom is 0.143 e. The molecule has 0 aromatic heterocycles. The number of rotatable bonds is 7. The van der Waals surface area contributed by atoms with Gasteiger partial charge in [-0.15, -0.1) is 0 Å². The monoisotopic (exact) mass is 670 g/mol. The summed E-state index contributed by atoms with van der Waals surface area (Å²) in [5, 5.41) is 4.15. The van der Waals surface area contributed by atoms with Crippen molar-refractivity contribution in [3.05, 3.63) is 160 Å². The lowest BCUT2D eigenvalue weighted by Gasteiger charge is -2.28. The van der Waals surface area contributed by atoms with E-state index < -0.39 is 0 Å². The Morgan fingerprint density at radius 3 is 2.07 bits per heavy atom. The normalized spacial score (nSPS) is 12.7. The molecule has 0 heterocycles. The Morgan fingerprint density at radius 2 is 1.38 bits per heavy atom. The van der Waals surface area contributed by atoms with E-state index >= 15 is 0 Å². The van der Waals surface area contributed by atoms with E-state index in [4.69, 9.17) is 16.3 Å². The number of nitrogens with zero attached hydrogens (tertiary/aromatic N) is 1. The third-order valence-corrected chi connectivity index (χ3v) is 9.49. The molecule has 1 aliphatic carbocycles. The van der Waals surface area contributed by atoms with Crippen molar-refractivity contribution < 1.29 is 4.74 Å². The number of ether oxygens (including phenoxy) is 1. The zero-order chi connectivity index (χ0) is 31.1. The van der Waals surface area contributed by atoms with Gasteiger partial charge in [-0.2, -0.15) is 0 Å². The molecule has 0 spiro atoms. The predicted octanol–water partition coefficient (Wildman–Crippen LogP) is 12.7. The highest BCUT2D eigenvalue weighted by molar-refractivity contribution is 9.10. The van der Waals surface area contributed by atoms with E-state index in [0.717, 1.165) is 50.0 Å². The summed E-state index contributed by atoms with van der Waals surface area (Å²) in [5.74, 6) is 1.53. The first-order chi connectivity index (χ1) is 21.8. The average molecular weight is 672 g/mol. The lowest BCUT2D eigenvalue weighted by molar-refractivity contribution is 0.479. The van der Waals surface area contributed by atoms with E-state index in [1.807, 2.05) is 30.3 Å². The molecule has 1 N–H and O–H groups in total. The zero-order valence-corrected chi connectivity index (χ0v) is 27.7. The minimum absolute atomic E-state index is 0.170. The van der Waals surface area contributed by atoms with Crippen molar-refractivity contribution in [1.29, 1.82) is 0 Å². The van der Waals surface area contributed by atoms with Gasteiger partial charge in [0.1, 0.15) is 11.5 Å². The van der Waals surface area contributed by atoms with E-state index in [2.05, 4.69) is 150 Å². The van der Waals surface area contributed by atoms with Crippen molar-refractivity contribution in [3.63, 3.8) is 0 Å². The first-order valence-corrected chi connectivity index (χ1v) is 16.2. The van der Waals surface area contributed by atoms with Gasteiger partial charge in [0.2, 0.25) is 0 Å². The summed E-state index contributed by atoms with van der Waals surface area (Å²) in [5.41, 5.74) is 11.1. The zero-order valence-electron chi connectivity index (χ0n) is 25.3. The first kappa shape index (κ1) is 29.2. The van der Waals surface area contributed by atoms with Crippen LogP contribution in [0.1, 0.15) is 30.5 Å². The van der Waals surface area contributed by atoms with Crippen molar-refractivity contribution in [1.82, 2.24) is 0 Å². The number of fused-ring (bicyclic) bond motifs is 3. The van der Waals surface area contributed by atoms with Gasteiger partial charge in [0.15, 0.2) is 0 Å². The van der Waals surface area contributed by atoms with Crippen LogP contribution >= 0.6 is 27.5 Å². The summed E-state index contributed by atoms with van der Waals surface area (Å²) in [7, 11) is 0. The van der Waals surface area contributed by atoms with Crippen LogP contribution < -0.4 is 15.0 Å². The third kappa shape index (κ3) is 5.61. The average Bonchev–Trinajstić information content (AvgIpc) is 3.26. The standard InChI is InChI=1S/C40H32BrClN2O/c1-26-21-37(43-28-12-10-11-27(42)23-28)39(41)38(22-26)45-32-18-20-35-34(25-32)33-19-17-31(24-36(33)40(35,2)3)44(29-13-6-4-7-14-29)30-15-8-5-9-16-30/h4-25,43H,1-3H3. The molecule has 0 radical (unpaired) electrons. The van der Waals surface area contributed by atoms with Crippen molar-refractivity contribution in [2.45, 2.75) is 26.2 Å². The Hall–Kier alpha value is -4.51. The molecule has 45 heavy (non-hydrogen) atoms. The fourth-order valence-electron chi connectivity index (χ4n) is 6.27. The molecule has 0 fully saturated rings. The highest BCUT2D eigenvalue weighted by Gasteiger charge is 2.36. The summed E-state index contributed by atoms with van der Waals surface area (Å²) in [4.78, 5) is 2.32. The molecular weight excluding hydrogens is 640 g/mol. The predicted molar refractivity (Wildman–Crippen MR) is 192 cm³/mol. The fourth-order valence-corrected chi connectivity index (χ4v) is 6.87. The van der Waals surface area contributed by atoms with Crippen LogP contribution in [-0.2, 0) is 5.41 Å². The smallest absolute Gasteiger partial charge is 0.143 e. The van der Waals surface area contributed by atoms with Crippen molar-refractivity contribution in [2.24, 2.45) is 0 Å². The molecule has 7 rings (SSSR count). The molecule has 1 aliphatic rings. The number of nitrogens with one attached hydrogen (secondary N) is 1. The van der Waals surface area contributed by atoms with Gasteiger partial charge in [0, 0.05) is 33.2 Å². The van der Waals surface area contributed by atoms with E-state index in [9.17, 15) is 0 Å². The second kappa shape index (κ2) is 11.8. The van der Waals surface area contributed by atoms with Crippen LogP contribution in [-0.4, -0.2) is 0 Å². The molecule has 3 nitrogen and oxygen atoms in total. The lowest BCUT2D eigenvalue weighted by Crippen LogP contribution is -2.16. The second-order valence-electron chi connectivity index (χ2n) is 11.9. The highest BCUT2D eigenvalue weighted by Crippen LogP contribution is 2.52. The molecule has 5 heteroatoms. The number of halogens is 2. The maximum absolute atomic E-state index is 6.56. The summed E-state index contributed by atoms with van der Waals surface area (Å²) in [6.45, 7) is 6.68. The molecule has 0 saturated carbocycles. The number of anilines is 5. The number of para-hydroxylation sites is 2. The minimum Gasteiger partial charge on any atom is -0.456 e. The molecular formula is C40H32BrClN2O. The molecule has 0 atom stereocenters. The third-order valence-electron chi connectivity index (χ3n) is 8.43. The number of aryl methyl sites for hydroxylation is 1. The highest BCUT2D eigenvalue weighted by atomic mass is 79.9. The molecule has 0 bridgehead atoms. The van der Waals surface area contributed by atoms with Crippen LogP contribution in [0.2, 0.25) is 5.02 Å². The first-order valence-electron chi connectivity index (χ1n) is 15.0. The molecule has 0 saturated heterocycles. The molecule has 6 aromatic carbocycles. The quantitative estimate of drug-likeness (QED) is 0.183. The number of hydrogen-bond donors (Lipinski definition) is 1. The van der Waals surface area contributed by atoms with E-state index in [1.54, 1.807) is 0 Å². The largest absolute Gasteiger partial charge is 0.456 e. The SMILES string of the molecule is Cc1cc(Nc2cccc(Cl)c2)c(Br)c(Oc2ccc3c(c2)-c2ccc(N(c4ccccc4)c4ccccc4)cc2C3(C)C)c1. The van der Waals surface area contributed by atoms with Crippen molar-refractivity contribution in [3.8, 4) is 22.6 Å². The van der Waals surface area contributed by atoms with Gasteiger partial charge in [-0.3, -0.25) is 0 Å². The molecule has 222 valence electrons. The Kier molecular flexibility index (Phi) is 7.64. The molecule has 0 aliphatic heterocycles. The Bertz CT molecular complexity index is 1990. The molecule has 0 amide bonds.